The minimum Gasteiger partial charge on any atom is -0.321 e. The number of anilines is 1. The van der Waals surface area contributed by atoms with Crippen molar-refractivity contribution < 1.29 is 4.79 Å². The molecule has 1 aromatic heterocycles. The van der Waals surface area contributed by atoms with Gasteiger partial charge < -0.3 is 5.32 Å². The topological polar surface area (TPSA) is 46.9 Å². The first-order valence-corrected chi connectivity index (χ1v) is 5.10. The average molecular weight is 236 g/mol. The number of halogens is 1. The van der Waals surface area contributed by atoms with Crippen LogP contribution in [-0.2, 0) is 7.05 Å². The van der Waals surface area contributed by atoms with Crippen molar-refractivity contribution in [3.05, 3.63) is 47.2 Å². The van der Waals surface area contributed by atoms with Gasteiger partial charge in [0.15, 0.2) is 5.69 Å². The maximum atomic E-state index is 11.7. The van der Waals surface area contributed by atoms with Crippen molar-refractivity contribution in [3.63, 3.8) is 0 Å². The van der Waals surface area contributed by atoms with Gasteiger partial charge >= 0.3 is 0 Å². The van der Waals surface area contributed by atoms with Crippen molar-refractivity contribution in [2.45, 2.75) is 0 Å². The Morgan fingerprint density at radius 2 is 2.06 bits per heavy atom. The van der Waals surface area contributed by atoms with Gasteiger partial charge in [0.2, 0.25) is 0 Å². The molecule has 0 unspecified atom stereocenters. The third kappa shape index (κ3) is 2.23. The number of aryl methyl sites for hydroxylation is 1. The van der Waals surface area contributed by atoms with Crippen molar-refractivity contribution in [2.75, 3.05) is 5.32 Å². The van der Waals surface area contributed by atoms with Crippen LogP contribution >= 0.6 is 11.6 Å². The standard InChI is InChI=1S/C11H10ClN3O/c1-15-10(12)7-9(14-15)11(16)13-8-5-3-2-4-6-8/h2-7H,1H3,(H,13,16). The normalized spacial score (nSPS) is 10.1. The number of nitrogens with zero attached hydrogens (tertiary/aromatic N) is 2. The molecule has 16 heavy (non-hydrogen) atoms. The van der Waals surface area contributed by atoms with E-state index in [9.17, 15) is 4.79 Å². The Morgan fingerprint density at radius 3 is 2.62 bits per heavy atom. The summed E-state index contributed by atoms with van der Waals surface area (Å²) >= 11 is 5.80. The van der Waals surface area contributed by atoms with E-state index < -0.39 is 0 Å². The Labute approximate surface area is 97.8 Å². The lowest BCUT2D eigenvalue weighted by molar-refractivity contribution is 0.102. The summed E-state index contributed by atoms with van der Waals surface area (Å²) in [6.45, 7) is 0. The third-order valence-corrected chi connectivity index (χ3v) is 2.44. The van der Waals surface area contributed by atoms with Crippen molar-refractivity contribution in [1.82, 2.24) is 9.78 Å². The molecule has 0 aliphatic carbocycles. The number of carbonyl (C=O) groups is 1. The fourth-order valence-electron chi connectivity index (χ4n) is 1.27. The van der Waals surface area contributed by atoms with Crippen LogP contribution in [0.1, 0.15) is 10.5 Å². The van der Waals surface area contributed by atoms with Gasteiger partial charge in [0.1, 0.15) is 5.15 Å². The summed E-state index contributed by atoms with van der Waals surface area (Å²) in [6, 6.07) is 10.7. The van der Waals surface area contributed by atoms with Crippen molar-refractivity contribution in [1.29, 1.82) is 0 Å². The van der Waals surface area contributed by atoms with Crippen LogP contribution in [-0.4, -0.2) is 15.7 Å². The van der Waals surface area contributed by atoms with Gasteiger partial charge in [-0.15, -0.1) is 0 Å². The van der Waals surface area contributed by atoms with Gasteiger partial charge in [0.05, 0.1) is 0 Å². The lowest BCUT2D eigenvalue weighted by atomic mass is 10.3. The number of benzene rings is 1. The zero-order chi connectivity index (χ0) is 11.5. The molecule has 0 aliphatic heterocycles. The Morgan fingerprint density at radius 1 is 1.38 bits per heavy atom. The summed E-state index contributed by atoms with van der Waals surface area (Å²) in [4.78, 5) is 11.7. The zero-order valence-electron chi connectivity index (χ0n) is 8.64. The molecule has 1 aromatic carbocycles. The van der Waals surface area contributed by atoms with Crippen LogP contribution in [0.15, 0.2) is 36.4 Å². The van der Waals surface area contributed by atoms with Gasteiger partial charge in [0, 0.05) is 18.8 Å². The highest BCUT2D eigenvalue weighted by atomic mass is 35.5. The number of para-hydroxylation sites is 1. The Kier molecular flexibility index (Phi) is 2.92. The van der Waals surface area contributed by atoms with E-state index in [1.165, 1.54) is 10.7 Å². The quantitative estimate of drug-likeness (QED) is 0.869. The lowest BCUT2D eigenvalue weighted by Gasteiger charge is -2.01. The van der Waals surface area contributed by atoms with Crippen LogP contribution in [0.3, 0.4) is 0 Å². The van der Waals surface area contributed by atoms with E-state index in [0.717, 1.165) is 5.69 Å². The van der Waals surface area contributed by atoms with Crippen molar-refractivity contribution in [2.24, 2.45) is 7.05 Å². The molecule has 2 rings (SSSR count). The first-order chi connectivity index (χ1) is 7.66. The van der Waals surface area contributed by atoms with Crippen molar-refractivity contribution >= 4 is 23.2 Å². The van der Waals surface area contributed by atoms with Gasteiger partial charge in [-0.3, -0.25) is 9.48 Å². The molecule has 0 saturated carbocycles. The summed E-state index contributed by atoms with van der Waals surface area (Å²) in [5, 5.41) is 7.13. The number of aromatic nitrogens is 2. The molecular weight excluding hydrogens is 226 g/mol. The third-order valence-electron chi connectivity index (χ3n) is 2.09. The molecule has 0 spiro atoms. The predicted octanol–water partition coefficient (Wildman–Crippen LogP) is 2.33. The SMILES string of the molecule is Cn1nc(C(=O)Nc2ccccc2)cc1Cl. The van der Waals surface area contributed by atoms with Crippen LogP contribution in [0.2, 0.25) is 5.15 Å². The second-order valence-electron chi connectivity index (χ2n) is 3.30. The molecule has 1 heterocycles. The van der Waals surface area contributed by atoms with Gasteiger partial charge in [0.25, 0.3) is 5.91 Å². The minimum atomic E-state index is -0.270. The summed E-state index contributed by atoms with van der Waals surface area (Å²) in [7, 11) is 1.68. The molecule has 1 N–H and O–H groups in total. The summed E-state index contributed by atoms with van der Waals surface area (Å²) in [5.74, 6) is -0.270. The maximum absolute atomic E-state index is 11.7. The number of rotatable bonds is 2. The fourth-order valence-corrected chi connectivity index (χ4v) is 1.41. The first kappa shape index (κ1) is 10.7. The molecule has 0 saturated heterocycles. The second kappa shape index (κ2) is 4.37. The smallest absolute Gasteiger partial charge is 0.276 e. The molecule has 2 aromatic rings. The Bertz CT molecular complexity index is 488. The molecule has 0 atom stereocenters. The largest absolute Gasteiger partial charge is 0.321 e. The van der Waals surface area contributed by atoms with Crippen LogP contribution in [0.4, 0.5) is 5.69 Å². The molecule has 82 valence electrons. The Hall–Kier alpha value is -1.81. The van der Waals surface area contributed by atoms with E-state index in [4.69, 9.17) is 11.6 Å². The van der Waals surface area contributed by atoms with E-state index in [1.807, 2.05) is 30.3 Å². The van der Waals surface area contributed by atoms with Crippen LogP contribution < -0.4 is 5.32 Å². The molecule has 0 aliphatic rings. The van der Waals surface area contributed by atoms with E-state index in [1.54, 1.807) is 7.05 Å². The second-order valence-corrected chi connectivity index (χ2v) is 3.68. The molecule has 0 fully saturated rings. The predicted molar refractivity (Wildman–Crippen MR) is 62.6 cm³/mol. The van der Waals surface area contributed by atoms with E-state index >= 15 is 0 Å². The number of hydrogen-bond donors (Lipinski definition) is 1. The first-order valence-electron chi connectivity index (χ1n) is 4.73. The van der Waals surface area contributed by atoms with Gasteiger partial charge in [-0.1, -0.05) is 29.8 Å². The van der Waals surface area contributed by atoms with Gasteiger partial charge in [-0.2, -0.15) is 5.10 Å². The average Bonchev–Trinajstić information content (AvgIpc) is 2.61. The number of hydrogen-bond acceptors (Lipinski definition) is 2. The number of amides is 1. The highest BCUT2D eigenvalue weighted by Gasteiger charge is 2.11. The van der Waals surface area contributed by atoms with Crippen LogP contribution in [0.5, 0.6) is 0 Å². The zero-order valence-corrected chi connectivity index (χ0v) is 9.40. The summed E-state index contributed by atoms with van der Waals surface area (Å²) in [5.41, 5.74) is 1.03. The lowest BCUT2D eigenvalue weighted by Crippen LogP contribution is -2.12. The molecule has 1 amide bonds. The van der Waals surface area contributed by atoms with Crippen LogP contribution in [0, 0.1) is 0 Å². The molecular formula is C11H10ClN3O. The number of carbonyl (C=O) groups excluding carboxylic acids is 1. The maximum Gasteiger partial charge on any atom is 0.276 e. The van der Waals surface area contributed by atoms with E-state index in [2.05, 4.69) is 10.4 Å². The van der Waals surface area contributed by atoms with E-state index in [0.29, 0.717) is 10.8 Å². The van der Waals surface area contributed by atoms with Gasteiger partial charge in [-0.05, 0) is 12.1 Å². The van der Waals surface area contributed by atoms with Gasteiger partial charge in [-0.25, -0.2) is 0 Å². The number of nitrogens with one attached hydrogen (secondary N) is 1. The molecule has 0 bridgehead atoms. The Balaban J connectivity index is 2.15. The minimum absolute atomic E-state index is 0.270. The summed E-state index contributed by atoms with van der Waals surface area (Å²) in [6.07, 6.45) is 0. The fraction of sp³-hybridized carbons (Fsp3) is 0.0909. The summed E-state index contributed by atoms with van der Waals surface area (Å²) < 4.78 is 1.45. The van der Waals surface area contributed by atoms with Crippen molar-refractivity contribution in [3.8, 4) is 0 Å². The highest BCUT2D eigenvalue weighted by molar-refractivity contribution is 6.30. The monoisotopic (exact) mass is 235 g/mol. The molecule has 0 radical (unpaired) electrons. The highest BCUT2D eigenvalue weighted by Crippen LogP contribution is 2.11. The van der Waals surface area contributed by atoms with Crippen LogP contribution in [0.25, 0.3) is 0 Å². The molecule has 4 nitrogen and oxygen atoms in total. The molecule has 5 heteroatoms. The van der Waals surface area contributed by atoms with E-state index in [-0.39, 0.29) is 5.91 Å².